The van der Waals surface area contributed by atoms with Gasteiger partial charge in [-0.1, -0.05) is 35.3 Å². The second-order valence-electron chi connectivity index (χ2n) is 11.8. The first-order chi connectivity index (χ1) is 20.6. The van der Waals surface area contributed by atoms with Gasteiger partial charge in [-0.05, 0) is 63.7 Å². The van der Waals surface area contributed by atoms with Crippen molar-refractivity contribution in [2.45, 2.75) is 63.0 Å². The molecule has 3 atom stereocenters. The lowest BCUT2D eigenvalue weighted by atomic mass is 9.91. The molecule has 0 spiro atoms. The summed E-state index contributed by atoms with van der Waals surface area (Å²) in [6, 6.07) is 7.27. The van der Waals surface area contributed by atoms with Crippen LogP contribution in [-0.4, -0.2) is 74.9 Å². The summed E-state index contributed by atoms with van der Waals surface area (Å²) in [4.78, 5) is 44.2. The van der Waals surface area contributed by atoms with Crippen LogP contribution in [0.3, 0.4) is 0 Å². The predicted molar refractivity (Wildman–Crippen MR) is 159 cm³/mol. The van der Waals surface area contributed by atoms with Gasteiger partial charge in [-0.25, -0.2) is 14.4 Å². The maximum Gasteiger partial charge on any atom is 0.268 e. The van der Waals surface area contributed by atoms with Gasteiger partial charge in [-0.15, -0.1) is 0 Å². The molecule has 0 radical (unpaired) electrons. The number of ether oxygens (including phenoxy) is 1. The van der Waals surface area contributed by atoms with Crippen LogP contribution in [0.5, 0.6) is 0 Å². The fourth-order valence-corrected chi connectivity index (χ4v) is 6.41. The number of amides is 2. The van der Waals surface area contributed by atoms with Crippen LogP contribution in [0.15, 0.2) is 36.5 Å². The quantitative estimate of drug-likeness (QED) is 0.359. The smallest absolute Gasteiger partial charge is 0.268 e. The number of carbonyl (C=O) groups is 2. The molecule has 2 saturated heterocycles. The summed E-state index contributed by atoms with van der Waals surface area (Å²) >= 11 is 12.1. The van der Waals surface area contributed by atoms with Crippen LogP contribution in [-0.2, 0) is 22.6 Å². The number of hydrogen-bond donors (Lipinski definition) is 3. The van der Waals surface area contributed by atoms with Crippen molar-refractivity contribution in [1.29, 1.82) is 0 Å². The Hall–Kier alpha value is -3.09. The molecule has 0 saturated carbocycles. The molecule has 6 rings (SSSR count). The number of piperidine rings is 1. The number of likely N-dealkylation sites (tertiary alicyclic amines) is 1. The molecular weight excluding hydrogens is 596 g/mol. The highest BCUT2D eigenvalue weighted by Crippen LogP contribution is 2.37. The van der Waals surface area contributed by atoms with Crippen molar-refractivity contribution in [3.05, 3.63) is 80.9 Å². The molecule has 10 nitrogen and oxygen atoms in total. The van der Waals surface area contributed by atoms with E-state index in [0.29, 0.717) is 17.4 Å². The highest BCUT2D eigenvalue weighted by molar-refractivity contribution is 6.41. The third kappa shape index (κ3) is 6.28. The highest BCUT2D eigenvalue weighted by Gasteiger charge is 2.49. The zero-order chi connectivity index (χ0) is 30.3. The molecule has 0 aliphatic carbocycles. The van der Waals surface area contributed by atoms with Gasteiger partial charge in [0, 0.05) is 37.3 Å². The van der Waals surface area contributed by atoms with Gasteiger partial charge >= 0.3 is 0 Å². The average Bonchev–Trinajstić information content (AvgIpc) is 3.71. The summed E-state index contributed by atoms with van der Waals surface area (Å²) in [5, 5.41) is 6.17. The molecule has 3 N–H and O–H groups in total. The van der Waals surface area contributed by atoms with Crippen LogP contribution in [0.4, 0.5) is 4.39 Å². The predicted octanol–water partition coefficient (Wildman–Crippen LogP) is 4.17. The minimum absolute atomic E-state index is 0.0991. The van der Waals surface area contributed by atoms with Gasteiger partial charge in [0.15, 0.2) is 5.82 Å². The molecule has 0 unspecified atom stereocenters. The highest BCUT2D eigenvalue weighted by atomic mass is 35.5. The first-order valence-corrected chi connectivity index (χ1v) is 15.2. The summed E-state index contributed by atoms with van der Waals surface area (Å²) in [7, 11) is 2.16. The van der Waals surface area contributed by atoms with Crippen molar-refractivity contribution in [3.8, 4) is 0 Å². The van der Waals surface area contributed by atoms with E-state index in [9.17, 15) is 14.0 Å². The molecule has 3 aliphatic heterocycles. The van der Waals surface area contributed by atoms with Gasteiger partial charge in [0.2, 0.25) is 5.91 Å². The number of H-pyrrole nitrogens is 1. The van der Waals surface area contributed by atoms with E-state index >= 15 is 0 Å². The Balaban J connectivity index is 1.18. The lowest BCUT2D eigenvalue weighted by molar-refractivity contribution is -0.128. The van der Waals surface area contributed by atoms with E-state index < -0.39 is 29.5 Å². The SMILES string of the molecule is C[C@H](NC(=O)[C@]1(NC(=O)c2cc(Cl)c(Cl)[nH]2)CO[C@H](c2ccc(F)cc2)C1)c1ncc2c(n1)CN(C1CCN(C)CC1)C2. The molecule has 2 amide bonds. The Morgan fingerprint density at radius 2 is 1.93 bits per heavy atom. The molecular formula is C30H34Cl2FN7O3. The second-order valence-corrected chi connectivity index (χ2v) is 12.6. The topological polar surface area (TPSA) is 115 Å². The van der Waals surface area contributed by atoms with E-state index in [2.05, 4.69) is 37.4 Å². The minimum atomic E-state index is -1.43. The first-order valence-electron chi connectivity index (χ1n) is 14.4. The molecule has 0 bridgehead atoms. The third-order valence-electron chi connectivity index (χ3n) is 8.70. The second kappa shape index (κ2) is 12.1. The summed E-state index contributed by atoms with van der Waals surface area (Å²) < 4.78 is 19.6. The lowest BCUT2D eigenvalue weighted by Crippen LogP contribution is -2.59. The van der Waals surface area contributed by atoms with Crippen LogP contribution in [0, 0.1) is 5.82 Å². The van der Waals surface area contributed by atoms with Crippen molar-refractivity contribution in [2.24, 2.45) is 0 Å². The first kappa shape index (κ1) is 30.0. The molecule has 5 heterocycles. The number of hydrogen-bond acceptors (Lipinski definition) is 7. The monoisotopic (exact) mass is 629 g/mol. The largest absolute Gasteiger partial charge is 0.370 e. The molecule has 1 aromatic carbocycles. The van der Waals surface area contributed by atoms with Crippen molar-refractivity contribution >= 4 is 35.0 Å². The van der Waals surface area contributed by atoms with Crippen LogP contribution >= 0.6 is 23.2 Å². The molecule has 2 aromatic heterocycles. The number of fused-ring (bicyclic) bond motifs is 1. The zero-order valence-electron chi connectivity index (χ0n) is 24.0. The number of rotatable bonds is 7. The number of aromatic nitrogens is 3. The van der Waals surface area contributed by atoms with Crippen LogP contribution in [0.2, 0.25) is 10.2 Å². The Morgan fingerprint density at radius 1 is 1.19 bits per heavy atom. The van der Waals surface area contributed by atoms with E-state index in [1.54, 1.807) is 12.1 Å². The van der Waals surface area contributed by atoms with E-state index in [4.69, 9.17) is 32.9 Å². The van der Waals surface area contributed by atoms with Crippen molar-refractivity contribution in [2.75, 3.05) is 26.7 Å². The Bertz CT molecular complexity index is 1490. The van der Waals surface area contributed by atoms with Crippen molar-refractivity contribution < 1.29 is 18.7 Å². The maximum absolute atomic E-state index is 13.9. The molecule has 13 heteroatoms. The van der Waals surface area contributed by atoms with Crippen LogP contribution in [0.25, 0.3) is 0 Å². The van der Waals surface area contributed by atoms with Crippen molar-refractivity contribution in [3.63, 3.8) is 0 Å². The molecule has 3 aromatic rings. The van der Waals surface area contributed by atoms with Gasteiger partial charge in [0.25, 0.3) is 5.91 Å². The van der Waals surface area contributed by atoms with Gasteiger partial charge in [0.1, 0.15) is 22.2 Å². The number of nitrogens with zero attached hydrogens (tertiary/aromatic N) is 4. The van der Waals surface area contributed by atoms with Crippen molar-refractivity contribution in [1.82, 2.24) is 35.4 Å². The van der Waals surface area contributed by atoms with E-state index in [0.717, 1.165) is 50.3 Å². The fraction of sp³-hybridized carbons (Fsp3) is 0.467. The lowest BCUT2D eigenvalue weighted by Gasteiger charge is -2.34. The summed E-state index contributed by atoms with van der Waals surface area (Å²) in [6.07, 6.45) is 3.70. The number of nitrogens with one attached hydrogen (secondary N) is 3. The van der Waals surface area contributed by atoms with E-state index in [-0.39, 0.29) is 34.7 Å². The number of aromatic amines is 1. The van der Waals surface area contributed by atoms with Gasteiger partial charge < -0.3 is 25.3 Å². The molecule has 43 heavy (non-hydrogen) atoms. The summed E-state index contributed by atoms with van der Waals surface area (Å²) in [6.45, 7) is 5.48. The Labute approximate surface area is 259 Å². The number of benzene rings is 1. The van der Waals surface area contributed by atoms with Gasteiger partial charge in [-0.2, -0.15) is 0 Å². The van der Waals surface area contributed by atoms with Crippen LogP contribution < -0.4 is 10.6 Å². The Kier molecular flexibility index (Phi) is 8.45. The Morgan fingerprint density at radius 3 is 2.63 bits per heavy atom. The summed E-state index contributed by atoms with van der Waals surface area (Å²) in [5.74, 6) is -0.894. The standard InChI is InChI=1S/C30H34Cl2FN7O3/c1-17(27-34-13-19-14-40(15-24(19)37-27)21-7-9-39(2)10-8-21)35-29(42)30(38-28(41)23-11-22(31)26(32)36-23)12-25(43-16-30)18-3-5-20(33)6-4-18/h3-6,11,13,17,21,25,36H,7-10,12,14-16H2,1-2H3,(H,35,42)(H,38,41)/t17-,25-,30+/m0/s1. The maximum atomic E-state index is 13.9. The zero-order valence-corrected chi connectivity index (χ0v) is 25.5. The molecule has 228 valence electrons. The molecule has 2 fully saturated rings. The molecule has 3 aliphatic rings. The van der Waals surface area contributed by atoms with E-state index in [1.807, 2.05) is 13.1 Å². The normalized spacial score (nSPS) is 23.7. The van der Waals surface area contributed by atoms with Gasteiger partial charge in [-0.3, -0.25) is 14.5 Å². The fourth-order valence-electron chi connectivity index (χ4n) is 6.10. The van der Waals surface area contributed by atoms with E-state index in [1.165, 1.54) is 18.2 Å². The number of carbonyl (C=O) groups excluding carboxylic acids is 2. The third-order valence-corrected chi connectivity index (χ3v) is 9.40. The van der Waals surface area contributed by atoms with Gasteiger partial charge in [0.05, 0.1) is 29.5 Å². The number of halogens is 3. The van der Waals surface area contributed by atoms with Crippen LogP contribution in [0.1, 0.15) is 71.5 Å². The summed E-state index contributed by atoms with van der Waals surface area (Å²) in [5.41, 5.74) is 1.46. The average molecular weight is 631 g/mol. The minimum Gasteiger partial charge on any atom is -0.370 e.